The van der Waals surface area contributed by atoms with Gasteiger partial charge in [-0.05, 0) is 29.8 Å². The van der Waals surface area contributed by atoms with Crippen LogP contribution in [0.4, 0.5) is 10.1 Å². The topological polar surface area (TPSA) is 104 Å². The lowest BCUT2D eigenvalue weighted by atomic mass is 10.00. The van der Waals surface area contributed by atoms with Crippen molar-refractivity contribution in [2.45, 2.75) is 12.1 Å². The summed E-state index contributed by atoms with van der Waals surface area (Å²) in [5.41, 5.74) is 11.0. The Kier molecular flexibility index (Phi) is 5.05. The Morgan fingerprint density at radius 1 is 1.19 bits per heavy atom. The highest BCUT2D eigenvalue weighted by molar-refractivity contribution is 5.91. The van der Waals surface area contributed by atoms with Gasteiger partial charge in [0.2, 0.25) is 0 Å². The van der Waals surface area contributed by atoms with E-state index in [0.29, 0.717) is 30.0 Å². The van der Waals surface area contributed by atoms with Crippen molar-refractivity contribution < 1.29 is 9.13 Å². The first-order valence-corrected chi connectivity index (χ1v) is 10.3. The lowest BCUT2D eigenvalue weighted by Gasteiger charge is -2.24. The number of anilines is 1. The van der Waals surface area contributed by atoms with Gasteiger partial charge in [-0.25, -0.2) is 9.37 Å². The molecule has 1 aliphatic heterocycles. The standard InChI is InChI=1S/C24H21FN6O/c1-32-21-13-31(12-19(21)27)23-16(15-5-2-4-14(8-15)9-26)10-28-11-17(23)24-29-20-7-3-6-18(25)22(20)30-24/h2-8,10-11,19,21H,12-13,27H2,1H3,(H,29,30)/t19-,21+/m0/s1. The second kappa shape index (κ2) is 8.04. The van der Waals surface area contributed by atoms with Crippen molar-refractivity contribution in [2.75, 3.05) is 25.1 Å². The summed E-state index contributed by atoms with van der Waals surface area (Å²) in [6.07, 6.45) is 3.36. The smallest absolute Gasteiger partial charge is 0.151 e. The van der Waals surface area contributed by atoms with E-state index in [1.54, 1.807) is 37.7 Å². The Hall–Kier alpha value is -3.80. The molecule has 2 atom stereocenters. The van der Waals surface area contributed by atoms with Gasteiger partial charge in [-0.15, -0.1) is 0 Å². The van der Waals surface area contributed by atoms with Crippen LogP contribution in [0.1, 0.15) is 5.56 Å². The summed E-state index contributed by atoms with van der Waals surface area (Å²) in [7, 11) is 1.65. The van der Waals surface area contributed by atoms with Gasteiger partial charge in [0.05, 0.1) is 40.5 Å². The number of fused-ring (bicyclic) bond motifs is 1. The fourth-order valence-electron chi connectivity index (χ4n) is 4.29. The first-order valence-electron chi connectivity index (χ1n) is 10.3. The highest BCUT2D eigenvalue weighted by Crippen LogP contribution is 2.40. The molecule has 3 heterocycles. The van der Waals surface area contributed by atoms with E-state index >= 15 is 0 Å². The van der Waals surface area contributed by atoms with Crippen LogP contribution < -0.4 is 10.6 Å². The maximum atomic E-state index is 14.3. The second-order valence-electron chi connectivity index (χ2n) is 7.84. The first kappa shape index (κ1) is 20.1. The predicted octanol–water partition coefficient (Wildman–Crippen LogP) is 3.46. The number of methoxy groups -OCH3 is 1. The van der Waals surface area contributed by atoms with Crippen LogP contribution in [0.15, 0.2) is 54.9 Å². The predicted molar refractivity (Wildman–Crippen MR) is 120 cm³/mol. The molecule has 2 aromatic carbocycles. The molecule has 0 amide bonds. The molecule has 7 nitrogen and oxygen atoms in total. The molecule has 0 unspecified atom stereocenters. The van der Waals surface area contributed by atoms with Crippen LogP contribution in [-0.2, 0) is 4.74 Å². The first-order chi connectivity index (χ1) is 15.6. The molecule has 32 heavy (non-hydrogen) atoms. The Morgan fingerprint density at radius 2 is 2.00 bits per heavy atom. The van der Waals surface area contributed by atoms with Gasteiger partial charge in [0.15, 0.2) is 5.82 Å². The molecule has 0 saturated carbocycles. The summed E-state index contributed by atoms with van der Waals surface area (Å²) in [6, 6.07) is 14.2. The minimum absolute atomic E-state index is 0.123. The fourth-order valence-corrected chi connectivity index (χ4v) is 4.29. The molecular weight excluding hydrogens is 407 g/mol. The number of imidazole rings is 1. The maximum absolute atomic E-state index is 14.3. The summed E-state index contributed by atoms with van der Waals surface area (Å²) >= 11 is 0. The maximum Gasteiger partial charge on any atom is 0.151 e. The number of benzene rings is 2. The number of nitrogens with two attached hydrogens (primary N) is 1. The van der Waals surface area contributed by atoms with Crippen LogP contribution in [0, 0.1) is 17.1 Å². The fraction of sp³-hybridized carbons (Fsp3) is 0.208. The Bertz CT molecular complexity index is 1340. The molecule has 8 heteroatoms. The summed E-state index contributed by atoms with van der Waals surface area (Å²) in [6.45, 7) is 1.17. The van der Waals surface area contributed by atoms with Crippen molar-refractivity contribution in [2.24, 2.45) is 5.73 Å². The van der Waals surface area contributed by atoms with Gasteiger partial charge in [0, 0.05) is 38.2 Å². The number of ether oxygens (including phenoxy) is 1. The molecule has 1 fully saturated rings. The van der Waals surface area contributed by atoms with Crippen molar-refractivity contribution >= 4 is 16.7 Å². The van der Waals surface area contributed by atoms with Crippen molar-refractivity contribution in [3.8, 4) is 28.6 Å². The summed E-state index contributed by atoms with van der Waals surface area (Å²) in [5.74, 6) is 0.125. The minimum atomic E-state index is -0.389. The molecule has 0 aliphatic carbocycles. The van der Waals surface area contributed by atoms with Gasteiger partial charge >= 0.3 is 0 Å². The normalized spacial score (nSPS) is 18.2. The molecule has 1 aliphatic rings. The number of aromatic amines is 1. The molecule has 0 spiro atoms. The van der Waals surface area contributed by atoms with Gasteiger partial charge in [-0.3, -0.25) is 4.98 Å². The zero-order chi connectivity index (χ0) is 22.2. The van der Waals surface area contributed by atoms with Gasteiger partial charge in [0.1, 0.15) is 11.3 Å². The third kappa shape index (κ3) is 3.38. The number of hydrogen-bond acceptors (Lipinski definition) is 6. The number of aromatic nitrogens is 3. The van der Waals surface area contributed by atoms with E-state index in [0.717, 1.165) is 22.4 Å². The summed E-state index contributed by atoms with van der Waals surface area (Å²) in [4.78, 5) is 14.3. The zero-order valence-corrected chi connectivity index (χ0v) is 17.4. The van der Waals surface area contributed by atoms with E-state index in [4.69, 9.17) is 10.5 Å². The number of nitrogens with one attached hydrogen (secondary N) is 1. The third-order valence-electron chi connectivity index (χ3n) is 5.87. The van der Waals surface area contributed by atoms with Crippen molar-refractivity contribution in [3.05, 3.63) is 66.2 Å². The summed E-state index contributed by atoms with van der Waals surface area (Å²) in [5, 5.41) is 9.37. The molecule has 3 N–H and O–H groups in total. The van der Waals surface area contributed by atoms with Gasteiger partial charge in [-0.2, -0.15) is 5.26 Å². The quantitative estimate of drug-likeness (QED) is 0.516. The van der Waals surface area contributed by atoms with E-state index in [2.05, 4.69) is 25.9 Å². The molecule has 4 aromatic rings. The number of H-pyrrole nitrogens is 1. The van der Waals surface area contributed by atoms with Gasteiger partial charge in [-0.1, -0.05) is 18.2 Å². The molecule has 2 aromatic heterocycles. The monoisotopic (exact) mass is 428 g/mol. The van der Waals surface area contributed by atoms with E-state index < -0.39 is 0 Å². The minimum Gasteiger partial charge on any atom is -0.378 e. The SMILES string of the molecule is CO[C@@H]1CN(c2c(-c3cccc(C#N)c3)cncc2-c2nc3c(F)cccc3[nH]2)C[C@@H]1N. The lowest BCUT2D eigenvalue weighted by Crippen LogP contribution is -2.34. The second-order valence-corrected chi connectivity index (χ2v) is 7.84. The average Bonchev–Trinajstić information content (AvgIpc) is 3.42. The van der Waals surface area contributed by atoms with Crippen LogP contribution in [0.2, 0.25) is 0 Å². The molecule has 160 valence electrons. The number of nitriles is 1. The molecule has 0 radical (unpaired) electrons. The Balaban J connectivity index is 1.73. The number of para-hydroxylation sites is 1. The van der Waals surface area contributed by atoms with Crippen LogP contribution >= 0.6 is 0 Å². The number of pyridine rings is 1. The number of hydrogen-bond donors (Lipinski definition) is 2. The number of nitrogens with zero attached hydrogens (tertiary/aromatic N) is 4. The van der Waals surface area contributed by atoms with Crippen molar-refractivity contribution in [3.63, 3.8) is 0 Å². The van der Waals surface area contributed by atoms with Crippen LogP contribution in [-0.4, -0.2) is 47.3 Å². The van der Waals surface area contributed by atoms with E-state index in [1.807, 2.05) is 18.2 Å². The van der Waals surface area contributed by atoms with Crippen LogP contribution in [0.3, 0.4) is 0 Å². The molecule has 5 rings (SSSR count). The number of halogens is 1. The largest absolute Gasteiger partial charge is 0.378 e. The highest BCUT2D eigenvalue weighted by atomic mass is 19.1. The van der Waals surface area contributed by atoms with E-state index in [9.17, 15) is 9.65 Å². The average molecular weight is 428 g/mol. The van der Waals surface area contributed by atoms with E-state index in [-0.39, 0.29) is 23.5 Å². The zero-order valence-electron chi connectivity index (χ0n) is 17.4. The number of rotatable bonds is 4. The third-order valence-corrected chi connectivity index (χ3v) is 5.87. The molecule has 1 saturated heterocycles. The molecular formula is C24H21FN6O. The lowest BCUT2D eigenvalue weighted by molar-refractivity contribution is 0.108. The summed E-state index contributed by atoms with van der Waals surface area (Å²) < 4.78 is 19.9. The van der Waals surface area contributed by atoms with Crippen molar-refractivity contribution in [1.29, 1.82) is 5.26 Å². The Morgan fingerprint density at radius 3 is 2.75 bits per heavy atom. The van der Waals surface area contributed by atoms with Crippen molar-refractivity contribution in [1.82, 2.24) is 15.0 Å². The van der Waals surface area contributed by atoms with Crippen LogP contribution in [0.25, 0.3) is 33.5 Å². The van der Waals surface area contributed by atoms with Gasteiger partial charge < -0.3 is 20.4 Å². The highest BCUT2D eigenvalue weighted by Gasteiger charge is 2.33. The van der Waals surface area contributed by atoms with Crippen LogP contribution in [0.5, 0.6) is 0 Å². The molecule has 0 bridgehead atoms. The Labute approximate surface area is 184 Å². The van der Waals surface area contributed by atoms with E-state index in [1.165, 1.54) is 6.07 Å². The van der Waals surface area contributed by atoms with Gasteiger partial charge in [0.25, 0.3) is 0 Å².